The van der Waals surface area contributed by atoms with Crippen molar-refractivity contribution in [3.63, 3.8) is 0 Å². The number of hydrogen-bond donors (Lipinski definition) is 1. The fourth-order valence-corrected chi connectivity index (χ4v) is 2.12. The summed E-state index contributed by atoms with van der Waals surface area (Å²) >= 11 is 0. The summed E-state index contributed by atoms with van der Waals surface area (Å²) < 4.78 is 5.19. The van der Waals surface area contributed by atoms with Gasteiger partial charge in [-0.05, 0) is 37.3 Å². The first-order valence-corrected chi connectivity index (χ1v) is 6.72. The molecule has 108 valence electrons. The Labute approximate surface area is 114 Å². The van der Waals surface area contributed by atoms with E-state index in [0.29, 0.717) is 12.5 Å². The molecular weight excluding hydrogens is 244 g/mol. The lowest BCUT2D eigenvalue weighted by molar-refractivity contribution is -0.121. The molecule has 0 aromatic carbocycles. The van der Waals surface area contributed by atoms with Crippen LogP contribution in [0.2, 0.25) is 0 Å². The topological polar surface area (TPSA) is 67.8 Å². The molecule has 1 heterocycles. The van der Waals surface area contributed by atoms with Crippen LogP contribution < -0.4 is 5.32 Å². The van der Waals surface area contributed by atoms with Gasteiger partial charge in [-0.3, -0.25) is 9.79 Å². The summed E-state index contributed by atoms with van der Waals surface area (Å²) in [5.41, 5.74) is -0.317. The molecule has 2 unspecified atom stereocenters. The maximum atomic E-state index is 11.7. The van der Waals surface area contributed by atoms with Gasteiger partial charge in [0.25, 0.3) is 0 Å². The van der Waals surface area contributed by atoms with Gasteiger partial charge in [0.2, 0.25) is 0 Å². The zero-order chi connectivity index (χ0) is 14.5. The van der Waals surface area contributed by atoms with Crippen LogP contribution in [0.3, 0.4) is 0 Å². The molecule has 0 fully saturated rings. The second-order valence-corrected chi connectivity index (χ2v) is 6.13. The van der Waals surface area contributed by atoms with E-state index in [1.165, 1.54) is 6.92 Å². The number of rotatable bonds is 4. The first-order chi connectivity index (χ1) is 8.80. The van der Waals surface area contributed by atoms with Crippen LogP contribution in [0.15, 0.2) is 4.99 Å². The third-order valence-electron chi connectivity index (χ3n) is 3.22. The fraction of sp³-hybridized carbons (Fsp3) is 0.786. The van der Waals surface area contributed by atoms with Gasteiger partial charge in [0.05, 0.1) is 12.6 Å². The molecule has 0 saturated carbocycles. The SMILES string of the molecule is CC(=O)C(NC(=O)OCC1CC=NCC1)C(C)(C)C. The van der Waals surface area contributed by atoms with Crippen molar-refractivity contribution in [2.24, 2.45) is 16.3 Å². The number of carbonyl (C=O) groups is 2. The summed E-state index contributed by atoms with van der Waals surface area (Å²) in [4.78, 5) is 27.4. The highest BCUT2D eigenvalue weighted by Crippen LogP contribution is 2.20. The molecule has 0 aromatic heterocycles. The van der Waals surface area contributed by atoms with Crippen LogP contribution in [0, 0.1) is 11.3 Å². The molecule has 19 heavy (non-hydrogen) atoms. The molecule has 1 aliphatic heterocycles. The minimum atomic E-state index is -0.520. The largest absolute Gasteiger partial charge is 0.449 e. The van der Waals surface area contributed by atoms with E-state index in [1.807, 2.05) is 27.0 Å². The maximum Gasteiger partial charge on any atom is 0.407 e. The Bertz CT molecular complexity index is 358. The second kappa shape index (κ2) is 6.68. The smallest absolute Gasteiger partial charge is 0.407 e. The Morgan fingerprint density at radius 3 is 2.63 bits per heavy atom. The van der Waals surface area contributed by atoms with Crippen LogP contribution in [0.1, 0.15) is 40.5 Å². The van der Waals surface area contributed by atoms with Gasteiger partial charge in [0.15, 0.2) is 5.78 Å². The van der Waals surface area contributed by atoms with Gasteiger partial charge in [0.1, 0.15) is 0 Å². The van der Waals surface area contributed by atoms with Gasteiger partial charge in [0, 0.05) is 6.54 Å². The normalized spacial score (nSPS) is 20.7. The molecular formula is C14H24N2O3. The molecule has 0 saturated heterocycles. The minimum absolute atomic E-state index is 0.0609. The van der Waals surface area contributed by atoms with E-state index in [9.17, 15) is 9.59 Å². The predicted octanol–water partition coefficient (Wildman–Crippen LogP) is 2.20. The van der Waals surface area contributed by atoms with Crippen LogP contribution in [0.5, 0.6) is 0 Å². The summed E-state index contributed by atoms with van der Waals surface area (Å²) in [6, 6.07) is -0.520. The zero-order valence-corrected chi connectivity index (χ0v) is 12.2. The van der Waals surface area contributed by atoms with E-state index in [-0.39, 0.29) is 11.2 Å². The van der Waals surface area contributed by atoms with E-state index in [2.05, 4.69) is 10.3 Å². The highest BCUT2D eigenvalue weighted by atomic mass is 16.5. The number of amides is 1. The monoisotopic (exact) mass is 268 g/mol. The Morgan fingerprint density at radius 1 is 1.47 bits per heavy atom. The number of nitrogens with one attached hydrogen (secondary N) is 1. The number of Topliss-reactive ketones (excluding diaryl/α,β-unsaturated/α-hetero) is 1. The van der Waals surface area contributed by atoms with Crippen molar-refractivity contribution >= 4 is 18.1 Å². The standard InChI is InChI=1S/C14H24N2O3/c1-10(17)12(14(2,3)4)16-13(18)19-9-11-5-7-15-8-6-11/h7,11-12H,5-6,8-9H2,1-4H3,(H,16,18). The van der Waals surface area contributed by atoms with Crippen LogP contribution in [-0.4, -0.2) is 37.3 Å². The van der Waals surface area contributed by atoms with Gasteiger partial charge in [-0.1, -0.05) is 20.8 Å². The molecule has 1 rings (SSSR count). The molecule has 0 aromatic rings. The Balaban J connectivity index is 2.40. The van der Waals surface area contributed by atoms with Crippen LogP contribution in [-0.2, 0) is 9.53 Å². The molecule has 1 N–H and O–H groups in total. The lowest BCUT2D eigenvalue weighted by atomic mass is 9.85. The van der Waals surface area contributed by atoms with Crippen molar-refractivity contribution in [3.05, 3.63) is 0 Å². The average Bonchev–Trinajstić information content (AvgIpc) is 2.33. The van der Waals surface area contributed by atoms with Crippen molar-refractivity contribution in [1.82, 2.24) is 5.32 Å². The molecule has 1 amide bonds. The lowest BCUT2D eigenvalue weighted by Crippen LogP contribution is -2.48. The van der Waals surface area contributed by atoms with E-state index in [4.69, 9.17) is 4.74 Å². The van der Waals surface area contributed by atoms with Crippen LogP contribution >= 0.6 is 0 Å². The number of carbonyl (C=O) groups excluding carboxylic acids is 2. The average molecular weight is 268 g/mol. The molecule has 2 atom stereocenters. The van der Waals surface area contributed by atoms with E-state index in [1.54, 1.807) is 0 Å². The zero-order valence-electron chi connectivity index (χ0n) is 12.2. The summed E-state index contributed by atoms with van der Waals surface area (Å²) in [7, 11) is 0. The van der Waals surface area contributed by atoms with Crippen LogP contribution in [0.4, 0.5) is 4.79 Å². The van der Waals surface area contributed by atoms with E-state index in [0.717, 1.165) is 19.4 Å². The van der Waals surface area contributed by atoms with E-state index >= 15 is 0 Å². The number of nitrogens with zero attached hydrogens (tertiary/aromatic N) is 1. The Morgan fingerprint density at radius 2 is 2.16 bits per heavy atom. The number of aliphatic imine (C=N–C) groups is 1. The molecule has 5 heteroatoms. The molecule has 1 aliphatic rings. The third-order valence-corrected chi connectivity index (χ3v) is 3.22. The van der Waals surface area contributed by atoms with Crippen molar-refractivity contribution in [3.8, 4) is 0 Å². The van der Waals surface area contributed by atoms with Crippen LogP contribution in [0.25, 0.3) is 0 Å². The number of ketones is 1. The number of hydrogen-bond acceptors (Lipinski definition) is 4. The maximum absolute atomic E-state index is 11.7. The van der Waals surface area contributed by atoms with Gasteiger partial charge in [-0.2, -0.15) is 0 Å². The molecule has 5 nitrogen and oxygen atoms in total. The van der Waals surface area contributed by atoms with Gasteiger partial charge >= 0.3 is 6.09 Å². The van der Waals surface area contributed by atoms with Gasteiger partial charge < -0.3 is 10.1 Å². The number of ether oxygens (including phenoxy) is 1. The Kier molecular flexibility index (Phi) is 5.51. The predicted molar refractivity (Wildman–Crippen MR) is 74.5 cm³/mol. The summed E-state index contributed by atoms with van der Waals surface area (Å²) in [6.45, 7) is 8.40. The number of alkyl carbamates (subject to hydrolysis) is 1. The first kappa shape index (κ1) is 15.7. The summed E-state index contributed by atoms with van der Waals surface area (Å²) in [5.74, 6) is 0.280. The molecule has 0 aliphatic carbocycles. The summed E-state index contributed by atoms with van der Waals surface area (Å²) in [5, 5.41) is 2.65. The van der Waals surface area contributed by atoms with E-state index < -0.39 is 12.1 Å². The quantitative estimate of drug-likeness (QED) is 0.850. The van der Waals surface area contributed by atoms with Gasteiger partial charge in [-0.15, -0.1) is 0 Å². The first-order valence-electron chi connectivity index (χ1n) is 6.72. The highest BCUT2D eigenvalue weighted by Gasteiger charge is 2.30. The molecule has 0 radical (unpaired) electrons. The third kappa shape index (κ3) is 5.41. The molecule has 0 bridgehead atoms. The minimum Gasteiger partial charge on any atom is -0.449 e. The highest BCUT2D eigenvalue weighted by molar-refractivity contribution is 5.86. The summed E-state index contributed by atoms with van der Waals surface area (Å²) in [6.07, 6.45) is 3.16. The van der Waals surface area contributed by atoms with Crippen molar-refractivity contribution in [2.75, 3.05) is 13.2 Å². The van der Waals surface area contributed by atoms with Crippen molar-refractivity contribution in [2.45, 2.75) is 46.6 Å². The van der Waals surface area contributed by atoms with Gasteiger partial charge in [-0.25, -0.2) is 4.79 Å². The van der Waals surface area contributed by atoms with Crippen molar-refractivity contribution in [1.29, 1.82) is 0 Å². The molecule has 0 spiro atoms. The lowest BCUT2D eigenvalue weighted by Gasteiger charge is -2.29. The fourth-order valence-electron chi connectivity index (χ4n) is 2.12. The second-order valence-electron chi connectivity index (χ2n) is 6.13. The Hall–Kier alpha value is -1.39. The van der Waals surface area contributed by atoms with Crippen molar-refractivity contribution < 1.29 is 14.3 Å².